The Morgan fingerprint density at radius 1 is 1.26 bits per heavy atom. The van der Waals surface area contributed by atoms with Crippen molar-refractivity contribution in [1.82, 2.24) is 4.72 Å². The van der Waals surface area contributed by atoms with E-state index in [0.29, 0.717) is 12.0 Å². The van der Waals surface area contributed by atoms with Crippen molar-refractivity contribution in [2.45, 2.75) is 31.2 Å². The van der Waals surface area contributed by atoms with Crippen LogP contribution in [-0.4, -0.2) is 22.6 Å². The standard InChI is InChI=1S/C11H18N2O4S2/c1-3-7-18(14,15)13-9(2)10-5-4-6-11(8-10)19(12,16)17/h4-6,8-9,13H,3,7H2,1-2H3,(H2,12,16,17). The summed E-state index contributed by atoms with van der Waals surface area (Å²) in [6.45, 7) is 3.42. The van der Waals surface area contributed by atoms with Crippen LogP contribution in [0.25, 0.3) is 0 Å². The number of hydrogen-bond donors (Lipinski definition) is 2. The Morgan fingerprint density at radius 3 is 2.42 bits per heavy atom. The van der Waals surface area contributed by atoms with Crippen LogP contribution in [0.4, 0.5) is 0 Å². The summed E-state index contributed by atoms with van der Waals surface area (Å²) in [6.07, 6.45) is 0.513. The zero-order chi connectivity index (χ0) is 14.7. The first-order valence-corrected chi connectivity index (χ1v) is 8.98. The number of primary sulfonamides is 1. The van der Waals surface area contributed by atoms with Crippen LogP contribution in [0.15, 0.2) is 29.2 Å². The van der Waals surface area contributed by atoms with Crippen LogP contribution in [0.5, 0.6) is 0 Å². The van der Waals surface area contributed by atoms with Gasteiger partial charge < -0.3 is 0 Å². The van der Waals surface area contributed by atoms with Crippen LogP contribution in [-0.2, 0) is 20.0 Å². The average Bonchev–Trinajstić information content (AvgIpc) is 2.27. The average molecular weight is 306 g/mol. The third-order valence-corrected chi connectivity index (χ3v) is 5.09. The van der Waals surface area contributed by atoms with Gasteiger partial charge in [-0.2, -0.15) is 0 Å². The Hall–Kier alpha value is -0.960. The first kappa shape index (κ1) is 16.1. The first-order chi connectivity index (χ1) is 8.65. The number of nitrogens with one attached hydrogen (secondary N) is 1. The molecule has 19 heavy (non-hydrogen) atoms. The third kappa shape index (κ3) is 4.90. The topological polar surface area (TPSA) is 106 Å². The lowest BCUT2D eigenvalue weighted by Gasteiger charge is -2.15. The summed E-state index contributed by atoms with van der Waals surface area (Å²) in [5.41, 5.74) is 0.547. The summed E-state index contributed by atoms with van der Waals surface area (Å²) in [5, 5.41) is 5.03. The predicted molar refractivity (Wildman–Crippen MR) is 73.4 cm³/mol. The molecule has 1 aromatic carbocycles. The number of hydrogen-bond acceptors (Lipinski definition) is 4. The smallest absolute Gasteiger partial charge is 0.225 e. The van der Waals surface area contributed by atoms with Crippen molar-refractivity contribution in [3.8, 4) is 0 Å². The van der Waals surface area contributed by atoms with Gasteiger partial charge in [-0.15, -0.1) is 0 Å². The van der Waals surface area contributed by atoms with Crippen molar-refractivity contribution in [2.24, 2.45) is 5.14 Å². The van der Waals surface area contributed by atoms with Crippen LogP contribution in [0.1, 0.15) is 31.9 Å². The zero-order valence-corrected chi connectivity index (χ0v) is 12.5. The summed E-state index contributed by atoms with van der Waals surface area (Å²) >= 11 is 0. The molecule has 0 heterocycles. The largest absolute Gasteiger partial charge is 0.238 e. The van der Waals surface area contributed by atoms with Crippen LogP contribution < -0.4 is 9.86 Å². The van der Waals surface area contributed by atoms with E-state index >= 15 is 0 Å². The van der Waals surface area contributed by atoms with Crippen molar-refractivity contribution in [2.75, 3.05) is 5.75 Å². The molecular weight excluding hydrogens is 288 g/mol. The molecule has 6 nitrogen and oxygen atoms in total. The second kappa shape index (κ2) is 6.00. The maximum Gasteiger partial charge on any atom is 0.238 e. The zero-order valence-electron chi connectivity index (χ0n) is 10.8. The summed E-state index contributed by atoms with van der Waals surface area (Å²) < 4.78 is 48.2. The van der Waals surface area contributed by atoms with Gasteiger partial charge in [-0.1, -0.05) is 19.1 Å². The molecule has 108 valence electrons. The van der Waals surface area contributed by atoms with Gasteiger partial charge in [-0.3, -0.25) is 0 Å². The third-order valence-electron chi connectivity index (χ3n) is 2.52. The molecule has 1 rings (SSSR count). The van der Waals surface area contributed by atoms with E-state index in [9.17, 15) is 16.8 Å². The van der Waals surface area contributed by atoms with Gasteiger partial charge in [0.05, 0.1) is 10.6 Å². The van der Waals surface area contributed by atoms with Gasteiger partial charge in [0, 0.05) is 6.04 Å². The van der Waals surface area contributed by atoms with Gasteiger partial charge in [0.1, 0.15) is 0 Å². The van der Waals surface area contributed by atoms with Gasteiger partial charge in [-0.05, 0) is 31.0 Å². The molecule has 0 aliphatic heterocycles. The number of nitrogens with two attached hydrogens (primary N) is 1. The molecule has 1 unspecified atom stereocenters. The minimum atomic E-state index is -3.79. The number of rotatable bonds is 6. The second-order valence-electron chi connectivity index (χ2n) is 4.28. The normalized spacial score (nSPS) is 14.3. The Morgan fingerprint density at radius 2 is 1.89 bits per heavy atom. The highest BCUT2D eigenvalue weighted by atomic mass is 32.2. The molecule has 0 saturated heterocycles. The van der Waals surface area contributed by atoms with E-state index in [4.69, 9.17) is 5.14 Å². The summed E-state index contributed by atoms with van der Waals surface area (Å²) in [5.74, 6) is 0.0339. The van der Waals surface area contributed by atoms with E-state index in [0.717, 1.165) is 0 Å². The Bertz CT molecular complexity index is 638. The second-order valence-corrected chi connectivity index (χ2v) is 7.71. The highest BCUT2D eigenvalue weighted by molar-refractivity contribution is 7.89. The van der Waals surface area contributed by atoms with Crippen molar-refractivity contribution in [1.29, 1.82) is 0 Å². The van der Waals surface area contributed by atoms with Crippen LogP contribution in [0.2, 0.25) is 0 Å². The molecule has 0 radical (unpaired) electrons. The molecule has 0 aromatic heterocycles. The molecule has 1 aromatic rings. The molecule has 3 N–H and O–H groups in total. The first-order valence-electron chi connectivity index (χ1n) is 5.78. The molecule has 1 atom stereocenters. The number of sulfonamides is 2. The number of benzene rings is 1. The van der Waals surface area contributed by atoms with E-state index in [1.54, 1.807) is 19.9 Å². The highest BCUT2D eigenvalue weighted by Gasteiger charge is 2.16. The molecule has 0 spiro atoms. The molecular formula is C11H18N2O4S2. The van der Waals surface area contributed by atoms with E-state index in [1.807, 2.05) is 0 Å². The highest BCUT2D eigenvalue weighted by Crippen LogP contribution is 2.17. The van der Waals surface area contributed by atoms with E-state index in [-0.39, 0.29) is 10.6 Å². The quantitative estimate of drug-likeness (QED) is 0.807. The molecule has 0 aliphatic rings. The molecule has 0 bridgehead atoms. The lowest BCUT2D eigenvalue weighted by atomic mass is 10.1. The van der Waals surface area contributed by atoms with Crippen molar-refractivity contribution in [3.05, 3.63) is 29.8 Å². The molecule has 8 heteroatoms. The van der Waals surface area contributed by atoms with E-state index in [2.05, 4.69) is 4.72 Å². The minimum absolute atomic E-state index is 0.0339. The van der Waals surface area contributed by atoms with Gasteiger partial charge in [0.2, 0.25) is 20.0 Å². The van der Waals surface area contributed by atoms with Gasteiger partial charge >= 0.3 is 0 Å². The summed E-state index contributed by atoms with van der Waals surface area (Å²) in [6, 6.07) is 5.40. The fourth-order valence-corrected chi connectivity index (χ4v) is 3.52. The van der Waals surface area contributed by atoms with Crippen molar-refractivity contribution in [3.63, 3.8) is 0 Å². The maximum atomic E-state index is 11.6. The van der Waals surface area contributed by atoms with Crippen molar-refractivity contribution >= 4 is 20.0 Å². The van der Waals surface area contributed by atoms with Gasteiger partial charge in [0.25, 0.3) is 0 Å². The molecule has 0 amide bonds. The van der Waals surface area contributed by atoms with Gasteiger partial charge in [-0.25, -0.2) is 26.7 Å². The Kier molecular flexibility index (Phi) is 5.08. The van der Waals surface area contributed by atoms with Crippen LogP contribution in [0.3, 0.4) is 0 Å². The van der Waals surface area contributed by atoms with E-state index in [1.165, 1.54) is 18.2 Å². The van der Waals surface area contributed by atoms with Crippen LogP contribution in [0, 0.1) is 0 Å². The SMILES string of the molecule is CCCS(=O)(=O)NC(C)c1cccc(S(N)(=O)=O)c1. The maximum absolute atomic E-state index is 11.6. The fourth-order valence-electron chi connectivity index (χ4n) is 1.63. The Balaban J connectivity index is 2.99. The lowest BCUT2D eigenvalue weighted by molar-refractivity contribution is 0.565. The lowest BCUT2D eigenvalue weighted by Crippen LogP contribution is -2.29. The summed E-state index contributed by atoms with van der Waals surface area (Å²) in [7, 11) is -7.15. The molecule has 0 saturated carbocycles. The minimum Gasteiger partial charge on any atom is -0.225 e. The molecule has 0 fully saturated rings. The van der Waals surface area contributed by atoms with Crippen LogP contribution >= 0.6 is 0 Å². The van der Waals surface area contributed by atoms with Gasteiger partial charge in [0.15, 0.2) is 0 Å². The van der Waals surface area contributed by atoms with Crippen molar-refractivity contribution < 1.29 is 16.8 Å². The Labute approximate surface area is 114 Å². The predicted octanol–water partition coefficient (Wildman–Crippen LogP) is 0.724. The molecule has 0 aliphatic carbocycles. The summed E-state index contributed by atoms with van der Waals surface area (Å²) in [4.78, 5) is -0.0356. The fraction of sp³-hybridized carbons (Fsp3) is 0.455. The monoisotopic (exact) mass is 306 g/mol. The van der Waals surface area contributed by atoms with E-state index < -0.39 is 26.1 Å².